The van der Waals surface area contributed by atoms with E-state index < -0.39 is 6.61 Å². The lowest BCUT2D eigenvalue weighted by molar-refractivity contribution is -0.0512. The molecule has 3 rings (SSSR count). The van der Waals surface area contributed by atoms with E-state index in [9.17, 15) is 8.78 Å². The number of alkyl halides is 2. The molecule has 0 spiro atoms. The first-order chi connectivity index (χ1) is 13.0. The highest BCUT2D eigenvalue weighted by Gasteiger charge is 2.12. The standard InChI is InChI=1S/C18H16F2N4O2S/c1-11-5-3-4-6-13(11)16-22-23-18(27)24(16)21-10-12-7-8-14(26-17(19)20)15(9-12)25-2/h3-10,17H,1-2H3,(H,23,27)/b21-10-. The van der Waals surface area contributed by atoms with Crippen molar-refractivity contribution in [2.24, 2.45) is 5.10 Å². The Morgan fingerprint density at radius 1 is 1.22 bits per heavy atom. The second-order valence-corrected chi connectivity index (χ2v) is 5.90. The van der Waals surface area contributed by atoms with E-state index in [0.717, 1.165) is 11.1 Å². The van der Waals surface area contributed by atoms with E-state index in [1.165, 1.54) is 24.1 Å². The molecule has 2 aromatic carbocycles. The van der Waals surface area contributed by atoms with Crippen molar-refractivity contribution in [1.82, 2.24) is 14.9 Å². The summed E-state index contributed by atoms with van der Waals surface area (Å²) in [7, 11) is 1.37. The van der Waals surface area contributed by atoms with Crippen molar-refractivity contribution in [1.29, 1.82) is 0 Å². The summed E-state index contributed by atoms with van der Waals surface area (Å²) in [6, 6.07) is 12.2. The Kier molecular flexibility index (Phi) is 5.60. The Hall–Kier alpha value is -3.07. The molecule has 0 amide bonds. The highest BCUT2D eigenvalue weighted by molar-refractivity contribution is 7.71. The van der Waals surface area contributed by atoms with Gasteiger partial charge in [0, 0.05) is 5.56 Å². The lowest BCUT2D eigenvalue weighted by Gasteiger charge is -2.10. The molecule has 3 aromatic rings. The lowest BCUT2D eigenvalue weighted by atomic mass is 10.1. The first kappa shape index (κ1) is 18.7. The third-order valence-electron chi connectivity index (χ3n) is 3.76. The summed E-state index contributed by atoms with van der Waals surface area (Å²) < 4.78 is 36.2. The minimum absolute atomic E-state index is 0.0508. The van der Waals surface area contributed by atoms with Crippen LogP contribution in [0.25, 0.3) is 11.4 Å². The molecule has 1 N–H and O–H groups in total. The number of hydrogen-bond donors (Lipinski definition) is 1. The second-order valence-electron chi connectivity index (χ2n) is 5.51. The Bertz CT molecular complexity index is 1030. The van der Waals surface area contributed by atoms with Gasteiger partial charge in [-0.1, -0.05) is 24.3 Å². The van der Waals surface area contributed by atoms with Gasteiger partial charge >= 0.3 is 6.61 Å². The van der Waals surface area contributed by atoms with E-state index in [2.05, 4.69) is 20.0 Å². The van der Waals surface area contributed by atoms with Crippen LogP contribution in [0.4, 0.5) is 8.78 Å². The maximum absolute atomic E-state index is 12.4. The number of ether oxygens (including phenoxy) is 2. The van der Waals surface area contributed by atoms with Crippen LogP contribution in [-0.4, -0.2) is 34.8 Å². The minimum Gasteiger partial charge on any atom is -0.493 e. The first-order valence-corrected chi connectivity index (χ1v) is 8.31. The third-order valence-corrected chi connectivity index (χ3v) is 4.03. The van der Waals surface area contributed by atoms with Crippen molar-refractivity contribution in [2.45, 2.75) is 13.5 Å². The van der Waals surface area contributed by atoms with Gasteiger partial charge in [-0.15, -0.1) is 0 Å². The Labute approximate surface area is 159 Å². The van der Waals surface area contributed by atoms with Gasteiger partial charge in [-0.3, -0.25) is 0 Å². The molecule has 0 radical (unpaired) electrons. The maximum atomic E-state index is 12.4. The van der Waals surface area contributed by atoms with E-state index in [4.69, 9.17) is 17.0 Å². The number of rotatable bonds is 6. The number of halogens is 2. The van der Waals surface area contributed by atoms with Crippen molar-refractivity contribution in [3.63, 3.8) is 0 Å². The largest absolute Gasteiger partial charge is 0.493 e. The van der Waals surface area contributed by atoms with Crippen LogP contribution in [0.5, 0.6) is 11.5 Å². The summed E-state index contributed by atoms with van der Waals surface area (Å²) in [6.45, 7) is -0.965. The molecule has 0 bridgehead atoms. The summed E-state index contributed by atoms with van der Waals surface area (Å²) in [5.41, 5.74) is 2.53. The number of nitrogens with zero attached hydrogens (tertiary/aromatic N) is 3. The van der Waals surface area contributed by atoms with Gasteiger partial charge in [0.2, 0.25) is 4.77 Å². The van der Waals surface area contributed by atoms with Crippen molar-refractivity contribution in [2.75, 3.05) is 7.11 Å². The minimum atomic E-state index is -2.93. The summed E-state index contributed by atoms with van der Waals surface area (Å²) >= 11 is 5.25. The first-order valence-electron chi connectivity index (χ1n) is 7.90. The van der Waals surface area contributed by atoms with Crippen LogP contribution in [0, 0.1) is 11.7 Å². The number of methoxy groups -OCH3 is 1. The maximum Gasteiger partial charge on any atom is 0.387 e. The van der Waals surface area contributed by atoms with Gasteiger partial charge in [-0.2, -0.15) is 23.7 Å². The van der Waals surface area contributed by atoms with Crippen LogP contribution < -0.4 is 9.47 Å². The fraction of sp³-hybridized carbons (Fsp3) is 0.167. The van der Waals surface area contributed by atoms with Crippen LogP contribution in [0.2, 0.25) is 0 Å². The molecule has 9 heteroatoms. The molecule has 0 fully saturated rings. The topological polar surface area (TPSA) is 64.4 Å². The van der Waals surface area contributed by atoms with Gasteiger partial charge in [0.15, 0.2) is 17.3 Å². The normalized spacial score (nSPS) is 11.3. The number of H-pyrrole nitrogens is 1. The van der Waals surface area contributed by atoms with E-state index in [1.54, 1.807) is 12.1 Å². The zero-order valence-corrected chi connectivity index (χ0v) is 15.3. The Balaban J connectivity index is 1.95. The second kappa shape index (κ2) is 8.09. The van der Waals surface area contributed by atoms with Crippen molar-refractivity contribution in [3.8, 4) is 22.9 Å². The lowest BCUT2D eigenvalue weighted by Crippen LogP contribution is -2.04. The Morgan fingerprint density at radius 3 is 2.70 bits per heavy atom. The Morgan fingerprint density at radius 2 is 2.00 bits per heavy atom. The zero-order chi connectivity index (χ0) is 19.4. The molecule has 0 saturated heterocycles. The van der Waals surface area contributed by atoms with Crippen LogP contribution in [0.15, 0.2) is 47.6 Å². The average Bonchev–Trinajstić information content (AvgIpc) is 3.01. The molecular formula is C18H16F2N4O2S. The van der Waals surface area contributed by atoms with Gasteiger partial charge in [0.25, 0.3) is 0 Å². The van der Waals surface area contributed by atoms with Crippen LogP contribution in [0.3, 0.4) is 0 Å². The summed E-state index contributed by atoms with van der Waals surface area (Å²) in [4.78, 5) is 0. The molecule has 6 nitrogen and oxygen atoms in total. The SMILES string of the molecule is COc1cc(/C=N\n2c(-c3ccccc3C)n[nH]c2=S)ccc1OC(F)F. The monoisotopic (exact) mass is 390 g/mol. The van der Waals surface area contributed by atoms with Crippen molar-refractivity contribution >= 4 is 18.4 Å². The molecule has 0 aliphatic rings. The van der Waals surface area contributed by atoms with Crippen LogP contribution >= 0.6 is 12.2 Å². The number of nitrogens with one attached hydrogen (secondary N) is 1. The zero-order valence-electron chi connectivity index (χ0n) is 14.5. The molecule has 140 valence electrons. The van der Waals surface area contributed by atoms with Gasteiger partial charge < -0.3 is 9.47 Å². The number of aryl methyl sites for hydroxylation is 1. The van der Waals surface area contributed by atoms with Gasteiger partial charge in [-0.25, -0.2) is 5.10 Å². The highest BCUT2D eigenvalue weighted by Crippen LogP contribution is 2.29. The fourth-order valence-corrected chi connectivity index (χ4v) is 2.66. The molecule has 1 aromatic heterocycles. The average molecular weight is 390 g/mol. The number of hydrogen-bond acceptors (Lipinski definition) is 5. The molecule has 0 atom stereocenters. The molecule has 27 heavy (non-hydrogen) atoms. The molecule has 0 unspecified atom stereocenters. The van der Waals surface area contributed by atoms with E-state index in [1.807, 2.05) is 31.2 Å². The van der Waals surface area contributed by atoms with Gasteiger partial charge in [-0.05, 0) is 48.5 Å². The highest BCUT2D eigenvalue weighted by atomic mass is 32.1. The summed E-state index contributed by atoms with van der Waals surface area (Å²) in [5.74, 6) is 0.693. The van der Waals surface area contributed by atoms with Crippen molar-refractivity contribution < 1.29 is 18.3 Å². The molecular weight excluding hydrogens is 374 g/mol. The number of benzene rings is 2. The third kappa shape index (κ3) is 4.20. The fourth-order valence-electron chi connectivity index (χ4n) is 2.48. The van der Waals surface area contributed by atoms with E-state index >= 15 is 0 Å². The van der Waals surface area contributed by atoms with E-state index in [-0.39, 0.29) is 11.5 Å². The van der Waals surface area contributed by atoms with E-state index in [0.29, 0.717) is 16.2 Å². The van der Waals surface area contributed by atoms with Gasteiger partial charge in [0.05, 0.1) is 13.3 Å². The van der Waals surface area contributed by atoms with Crippen molar-refractivity contribution in [3.05, 3.63) is 58.4 Å². The van der Waals surface area contributed by atoms with Gasteiger partial charge in [0.1, 0.15) is 0 Å². The predicted octanol–water partition coefficient (Wildman–Crippen LogP) is 4.41. The molecule has 0 aliphatic heterocycles. The summed E-state index contributed by atoms with van der Waals surface area (Å²) in [6.07, 6.45) is 1.53. The quantitative estimate of drug-likeness (QED) is 0.500. The summed E-state index contributed by atoms with van der Waals surface area (Å²) in [5, 5.41) is 11.3. The number of aromatic amines is 1. The predicted molar refractivity (Wildman–Crippen MR) is 100 cm³/mol. The molecule has 0 aliphatic carbocycles. The van der Waals surface area contributed by atoms with Crippen LogP contribution in [-0.2, 0) is 0 Å². The smallest absolute Gasteiger partial charge is 0.387 e. The van der Waals surface area contributed by atoms with Crippen LogP contribution in [0.1, 0.15) is 11.1 Å². The molecule has 0 saturated carbocycles. The number of aromatic nitrogens is 3. The molecule has 1 heterocycles.